The number of aromatic carboxylic acids is 1. The molecule has 0 aliphatic carbocycles. The van der Waals surface area contributed by atoms with Crippen molar-refractivity contribution in [1.29, 1.82) is 0 Å². The Hall–Kier alpha value is -1.40. The van der Waals surface area contributed by atoms with E-state index in [4.69, 9.17) is 14.6 Å². The van der Waals surface area contributed by atoms with Crippen LogP contribution < -0.4 is 0 Å². The second-order valence-corrected chi connectivity index (χ2v) is 4.95. The molecule has 0 saturated heterocycles. The second-order valence-electron chi connectivity index (χ2n) is 4.95. The largest absolute Gasteiger partial charge is 0.478 e. The van der Waals surface area contributed by atoms with Crippen LogP contribution in [0.4, 0.5) is 0 Å². The molecule has 1 heterocycles. The van der Waals surface area contributed by atoms with Gasteiger partial charge in [0.05, 0.1) is 37.3 Å². The smallest absolute Gasteiger partial charge is 0.339 e. The zero-order valence-corrected chi connectivity index (χ0v) is 11.3. The van der Waals surface area contributed by atoms with E-state index in [9.17, 15) is 4.79 Å². The van der Waals surface area contributed by atoms with E-state index in [1.54, 1.807) is 7.05 Å². The maximum absolute atomic E-state index is 10.9. The Morgan fingerprint density at radius 1 is 1.44 bits per heavy atom. The summed E-state index contributed by atoms with van der Waals surface area (Å²) < 4.78 is 12.4. The van der Waals surface area contributed by atoms with Crippen molar-refractivity contribution in [3.63, 3.8) is 0 Å². The number of nitrogens with zero attached hydrogens (tertiary/aromatic N) is 2. The van der Waals surface area contributed by atoms with Gasteiger partial charge in [-0.2, -0.15) is 5.10 Å². The van der Waals surface area contributed by atoms with Gasteiger partial charge >= 0.3 is 5.97 Å². The first-order valence-corrected chi connectivity index (χ1v) is 5.77. The minimum atomic E-state index is -0.993. The highest BCUT2D eigenvalue weighted by Crippen LogP contribution is 2.09. The molecule has 0 amide bonds. The molecule has 0 atom stereocenters. The minimum absolute atomic E-state index is 0.175. The predicted molar refractivity (Wildman–Crippen MR) is 65.5 cm³/mol. The lowest BCUT2D eigenvalue weighted by Gasteiger charge is -2.19. The van der Waals surface area contributed by atoms with E-state index in [2.05, 4.69) is 5.10 Å². The number of carboxylic acids is 1. The molecule has 1 N–H and O–H groups in total. The third-order valence-electron chi connectivity index (χ3n) is 2.29. The molecule has 1 aromatic heterocycles. The van der Waals surface area contributed by atoms with Crippen molar-refractivity contribution in [3.8, 4) is 0 Å². The van der Waals surface area contributed by atoms with Crippen LogP contribution in [0, 0.1) is 0 Å². The lowest BCUT2D eigenvalue weighted by molar-refractivity contribution is -0.0384. The van der Waals surface area contributed by atoms with Gasteiger partial charge in [-0.25, -0.2) is 4.79 Å². The van der Waals surface area contributed by atoms with Crippen LogP contribution >= 0.6 is 0 Å². The number of ether oxygens (including phenoxy) is 2. The Bertz CT molecular complexity index is 407. The fraction of sp³-hybridized carbons (Fsp3) is 0.667. The fourth-order valence-corrected chi connectivity index (χ4v) is 1.39. The molecular formula is C12H20N2O4. The summed E-state index contributed by atoms with van der Waals surface area (Å²) >= 11 is 0. The summed E-state index contributed by atoms with van der Waals surface area (Å²) in [5, 5.41) is 12.9. The number of aryl methyl sites for hydroxylation is 1. The maximum Gasteiger partial charge on any atom is 0.339 e. The van der Waals surface area contributed by atoms with Gasteiger partial charge in [0.2, 0.25) is 0 Å². The van der Waals surface area contributed by atoms with Crippen molar-refractivity contribution in [2.24, 2.45) is 7.05 Å². The number of rotatable bonds is 6. The predicted octanol–water partition coefficient (Wildman–Crippen LogP) is 1.45. The van der Waals surface area contributed by atoms with Gasteiger partial charge in [-0.1, -0.05) is 0 Å². The van der Waals surface area contributed by atoms with Crippen molar-refractivity contribution < 1.29 is 19.4 Å². The normalized spacial score (nSPS) is 11.8. The molecule has 0 bridgehead atoms. The lowest BCUT2D eigenvalue weighted by atomic mass is 10.2. The van der Waals surface area contributed by atoms with Crippen LogP contribution in [0.25, 0.3) is 0 Å². The average molecular weight is 256 g/mol. The van der Waals surface area contributed by atoms with Gasteiger partial charge in [0.15, 0.2) is 0 Å². The van der Waals surface area contributed by atoms with Crippen molar-refractivity contribution >= 4 is 5.97 Å². The number of carboxylic acid groups (broad SMARTS) is 1. The van der Waals surface area contributed by atoms with Crippen LogP contribution in [0.3, 0.4) is 0 Å². The zero-order valence-electron chi connectivity index (χ0n) is 11.3. The monoisotopic (exact) mass is 256 g/mol. The first kappa shape index (κ1) is 14.7. The average Bonchev–Trinajstić information content (AvgIpc) is 2.58. The third kappa shape index (κ3) is 4.46. The molecular weight excluding hydrogens is 236 g/mol. The van der Waals surface area contributed by atoms with E-state index < -0.39 is 5.97 Å². The van der Waals surface area contributed by atoms with Crippen LogP contribution in [-0.4, -0.2) is 39.7 Å². The van der Waals surface area contributed by atoms with Crippen molar-refractivity contribution in [2.45, 2.75) is 33.0 Å². The SMILES string of the molecule is Cn1ncc(C(=O)O)c1COCCOC(C)(C)C. The molecule has 0 aliphatic rings. The topological polar surface area (TPSA) is 73.6 Å². The Kier molecular flexibility index (Phi) is 4.86. The highest BCUT2D eigenvalue weighted by molar-refractivity contribution is 5.88. The van der Waals surface area contributed by atoms with Crippen molar-refractivity contribution in [1.82, 2.24) is 9.78 Å². The first-order valence-electron chi connectivity index (χ1n) is 5.77. The molecule has 18 heavy (non-hydrogen) atoms. The van der Waals surface area contributed by atoms with Gasteiger partial charge in [0.25, 0.3) is 0 Å². The molecule has 0 unspecified atom stereocenters. The summed E-state index contributed by atoms with van der Waals surface area (Å²) in [5.41, 5.74) is 0.537. The molecule has 1 aromatic rings. The summed E-state index contributed by atoms with van der Waals surface area (Å²) in [6, 6.07) is 0. The second kappa shape index (κ2) is 5.97. The molecule has 6 heteroatoms. The van der Waals surface area contributed by atoms with Gasteiger partial charge in [0.1, 0.15) is 5.56 Å². The van der Waals surface area contributed by atoms with Crippen LogP contribution in [0.2, 0.25) is 0 Å². The minimum Gasteiger partial charge on any atom is -0.478 e. The fourth-order valence-electron chi connectivity index (χ4n) is 1.39. The van der Waals surface area contributed by atoms with E-state index in [-0.39, 0.29) is 17.8 Å². The van der Waals surface area contributed by atoms with E-state index in [0.717, 1.165) is 0 Å². The number of hydrogen-bond acceptors (Lipinski definition) is 4. The Morgan fingerprint density at radius 2 is 2.11 bits per heavy atom. The van der Waals surface area contributed by atoms with E-state index >= 15 is 0 Å². The van der Waals surface area contributed by atoms with Crippen molar-refractivity contribution in [2.75, 3.05) is 13.2 Å². The molecule has 0 fully saturated rings. The molecule has 6 nitrogen and oxygen atoms in total. The number of carbonyl (C=O) groups is 1. The van der Waals surface area contributed by atoms with E-state index in [0.29, 0.717) is 18.9 Å². The van der Waals surface area contributed by atoms with Gasteiger partial charge in [-0.05, 0) is 20.8 Å². The number of hydrogen-bond donors (Lipinski definition) is 1. The van der Waals surface area contributed by atoms with Crippen LogP contribution in [-0.2, 0) is 23.1 Å². The highest BCUT2D eigenvalue weighted by Gasteiger charge is 2.15. The molecule has 102 valence electrons. The molecule has 0 radical (unpaired) electrons. The van der Waals surface area contributed by atoms with Gasteiger partial charge in [-0.15, -0.1) is 0 Å². The van der Waals surface area contributed by atoms with E-state index in [1.807, 2.05) is 20.8 Å². The van der Waals surface area contributed by atoms with Gasteiger partial charge in [-0.3, -0.25) is 4.68 Å². The summed E-state index contributed by atoms with van der Waals surface area (Å²) in [6.07, 6.45) is 1.33. The van der Waals surface area contributed by atoms with Crippen molar-refractivity contribution in [3.05, 3.63) is 17.5 Å². The first-order chi connectivity index (χ1) is 8.31. The third-order valence-corrected chi connectivity index (χ3v) is 2.29. The summed E-state index contributed by atoms with van der Waals surface area (Å²) in [6.45, 7) is 7.01. The number of aromatic nitrogens is 2. The maximum atomic E-state index is 10.9. The van der Waals surface area contributed by atoms with Crippen LogP contribution in [0.5, 0.6) is 0 Å². The molecule has 0 saturated carbocycles. The standard InChI is InChI=1S/C12H20N2O4/c1-12(2,3)18-6-5-17-8-10-9(11(15)16)7-13-14(10)4/h7H,5-6,8H2,1-4H3,(H,15,16). The summed E-state index contributed by atoms with van der Waals surface area (Å²) in [4.78, 5) is 10.9. The summed E-state index contributed by atoms with van der Waals surface area (Å²) in [7, 11) is 1.69. The van der Waals surface area contributed by atoms with Crippen LogP contribution in [0.15, 0.2) is 6.20 Å². The van der Waals surface area contributed by atoms with Gasteiger partial charge < -0.3 is 14.6 Å². The Balaban J connectivity index is 2.40. The highest BCUT2D eigenvalue weighted by atomic mass is 16.5. The molecule has 0 spiro atoms. The molecule has 0 aromatic carbocycles. The van der Waals surface area contributed by atoms with Gasteiger partial charge in [0, 0.05) is 7.05 Å². The zero-order chi connectivity index (χ0) is 13.8. The molecule has 1 rings (SSSR count). The Labute approximate surface area is 107 Å². The van der Waals surface area contributed by atoms with E-state index in [1.165, 1.54) is 10.9 Å². The lowest BCUT2D eigenvalue weighted by Crippen LogP contribution is -2.22. The van der Waals surface area contributed by atoms with Crippen LogP contribution in [0.1, 0.15) is 36.8 Å². The Morgan fingerprint density at radius 3 is 2.67 bits per heavy atom. The summed E-state index contributed by atoms with van der Waals surface area (Å²) in [5.74, 6) is -0.993. The molecule has 0 aliphatic heterocycles. The quantitative estimate of drug-likeness (QED) is 0.780.